The Hall–Kier alpha value is -2.53. The van der Waals surface area contributed by atoms with E-state index in [-0.39, 0.29) is 11.7 Å². The summed E-state index contributed by atoms with van der Waals surface area (Å²) in [6.45, 7) is 9.61. The Morgan fingerprint density at radius 1 is 1.06 bits per heavy atom. The van der Waals surface area contributed by atoms with Crippen molar-refractivity contribution in [3.8, 4) is 11.5 Å². The van der Waals surface area contributed by atoms with E-state index in [1.54, 1.807) is 0 Å². The van der Waals surface area contributed by atoms with Crippen molar-refractivity contribution in [2.24, 2.45) is 0 Å². The molecule has 0 radical (unpaired) electrons. The van der Waals surface area contributed by atoms with E-state index in [1.165, 1.54) is 0 Å². The van der Waals surface area contributed by atoms with Gasteiger partial charge < -0.3 is 14.4 Å². The van der Waals surface area contributed by atoms with Gasteiger partial charge in [0.1, 0.15) is 17.1 Å². The molecule has 1 amide bonds. The van der Waals surface area contributed by atoms with Crippen LogP contribution >= 0.6 is 11.6 Å². The van der Waals surface area contributed by atoms with Gasteiger partial charge in [0.15, 0.2) is 5.78 Å². The molecule has 2 aromatic carbocycles. The van der Waals surface area contributed by atoms with E-state index in [4.69, 9.17) is 21.1 Å². The molecule has 6 heteroatoms. The van der Waals surface area contributed by atoms with Crippen LogP contribution in [0.3, 0.4) is 0 Å². The summed E-state index contributed by atoms with van der Waals surface area (Å²) in [6.07, 6.45) is 2.84. The van der Waals surface area contributed by atoms with Gasteiger partial charge in [-0.15, -0.1) is 0 Å². The number of aryl methyl sites for hydroxylation is 4. The van der Waals surface area contributed by atoms with Crippen LogP contribution in [0.1, 0.15) is 64.7 Å². The van der Waals surface area contributed by atoms with Crippen molar-refractivity contribution in [3.05, 3.63) is 57.1 Å². The van der Waals surface area contributed by atoms with Crippen molar-refractivity contribution in [1.82, 2.24) is 4.90 Å². The third kappa shape index (κ3) is 5.03. The van der Waals surface area contributed by atoms with Crippen molar-refractivity contribution < 1.29 is 19.1 Å². The third-order valence-corrected chi connectivity index (χ3v) is 7.37. The van der Waals surface area contributed by atoms with E-state index in [9.17, 15) is 9.59 Å². The topological polar surface area (TPSA) is 55.8 Å². The number of Topliss-reactive ketones (excluding diaryl/α,β-unsaturated/α-hetero) is 1. The van der Waals surface area contributed by atoms with Crippen molar-refractivity contribution in [1.29, 1.82) is 0 Å². The summed E-state index contributed by atoms with van der Waals surface area (Å²) < 4.78 is 12.2. The number of benzene rings is 2. The van der Waals surface area contributed by atoms with Crippen LogP contribution in [-0.2, 0) is 4.79 Å². The number of fused-ring (bicyclic) bond motifs is 1. The van der Waals surface area contributed by atoms with Crippen LogP contribution in [0.4, 0.5) is 0 Å². The molecule has 1 spiro atoms. The highest BCUT2D eigenvalue weighted by Gasteiger charge is 2.44. The minimum atomic E-state index is -0.492. The van der Waals surface area contributed by atoms with Crippen LogP contribution in [-0.4, -0.2) is 41.9 Å². The monoisotopic (exact) mass is 469 g/mol. The smallest absolute Gasteiger partial charge is 0.222 e. The minimum Gasteiger partial charge on any atom is -0.494 e. The number of piperidine rings is 1. The fourth-order valence-electron chi connectivity index (χ4n) is 5.02. The Morgan fingerprint density at radius 3 is 2.39 bits per heavy atom. The van der Waals surface area contributed by atoms with E-state index in [0.29, 0.717) is 57.6 Å². The Morgan fingerprint density at radius 2 is 1.73 bits per heavy atom. The molecule has 4 rings (SSSR count). The van der Waals surface area contributed by atoms with Crippen molar-refractivity contribution in [2.45, 2.75) is 65.4 Å². The summed E-state index contributed by atoms with van der Waals surface area (Å²) in [5.74, 6) is 1.77. The molecule has 1 fully saturated rings. The lowest BCUT2D eigenvalue weighted by Crippen LogP contribution is -2.52. The molecule has 2 aromatic rings. The first-order valence-electron chi connectivity index (χ1n) is 11.7. The highest BCUT2D eigenvalue weighted by Crippen LogP contribution is 2.41. The SMILES string of the molecule is Cc1cc(C)c2c(c1)OC1(CCN(C(=O)CCCOc3cc(C)c(Cl)c(C)c3)CC1)CC2=O. The maximum Gasteiger partial charge on any atom is 0.222 e. The molecule has 0 aromatic heterocycles. The second-order valence-electron chi connectivity index (χ2n) is 9.54. The van der Waals surface area contributed by atoms with Crippen LogP contribution in [0.5, 0.6) is 11.5 Å². The van der Waals surface area contributed by atoms with Gasteiger partial charge in [-0.25, -0.2) is 0 Å². The summed E-state index contributed by atoms with van der Waals surface area (Å²) in [7, 11) is 0. The van der Waals surface area contributed by atoms with Gasteiger partial charge in [0.25, 0.3) is 0 Å². The highest BCUT2D eigenvalue weighted by atomic mass is 35.5. The van der Waals surface area contributed by atoms with Crippen LogP contribution in [0.25, 0.3) is 0 Å². The number of hydrogen-bond acceptors (Lipinski definition) is 4. The highest BCUT2D eigenvalue weighted by molar-refractivity contribution is 6.32. The van der Waals surface area contributed by atoms with E-state index < -0.39 is 5.60 Å². The number of carbonyl (C=O) groups is 2. The summed E-state index contributed by atoms with van der Waals surface area (Å²) in [5.41, 5.74) is 4.27. The minimum absolute atomic E-state index is 0.131. The molecule has 0 saturated carbocycles. The van der Waals surface area contributed by atoms with Crippen molar-refractivity contribution in [2.75, 3.05) is 19.7 Å². The second kappa shape index (κ2) is 9.38. The first-order valence-corrected chi connectivity index (χ1v) is 12.1. The number of nitrogens with zero attached hydrogens (tertiary/aromatic N) is 1. The maximum atomic E-state index is 12.9. The second-order valence-corrected chi connectivity index (χ2v) is 9.92. The summed E-state index contributed by atoms with van der Waals surface area (Å²) in [6, 6.07) is 7.84. The molecule has 33 heavy (non-hydrogen) atoms. The van der Waals surface area contributed by atoms with Crippen molar-refractivity contribution in [3.63, 3.8) is 0 Å². The Balaban J connectivity index is 1.27. The molecule has 0 bridgehead atoms. The van der Waals surface area contributed by atoms with Gasteiger partial charge in [-0.05, 0) is 74.6 Å². The van der Waals surface area contributed by atoms with Crippen LogP contribution < -0.4 is 9.47 Å². The van der Waals surface area contributed by atoms with Gasteiger partial charge in [-0.3, -0.25) is 9.59 Å². The summed E-state index contributed by atoms with van der Waals surface area (Å²) in [4.78, 5) is 27.5. The molecule has 1 saturated heterocycles. The van der Waals surface area contributed by atoms with Crippen LogP contribution in [0.2, 0.25) is 5.02 Å². The Bertz CT molecular complexity index is 1060. The van der Waals surface area contributed by atoms with Gasteiger partial charge >= 0.3 is 0 Å². The molecule has 0 atom stereocenters. The quantitative estimate of drug-likeness (QED) is 0.522. The number of ketones is 1. The summed E-state index contributed by atoms with van der Waals surface area (Å²) in [5, 5.41) is 0.762. The largest absolute Gasteiger partial charge is 0.494 e. The standard InChI is InChI=1S/C27H32ClNO4/c1-17-12-18(2)25-22(30)16-27(33-23(25)13-17)7-9-29(10-8-27)24(31)6-5-11-32-21-14-19(3)26(28)20(4)15-21/h12-15H,5-11,16H2,1-4H3. The third-order valence-electron chi connectivity index (χ3n) is 6.77. The molecule has 2 aliphatic heterocycles. The molecule has 0 aliphatic carbocycles. The molecular formula is C27H32ClNO4. The van der Waals surface area contributed by atoms with Gasteiger partial charge in [-0.1, -0.05) is 17.7 Å². The molecule has 176 valence electrons. The lowest BCUT2D eigenvalue weighted by Gasteiger charge is -2.44. The normalized spacial score (nSPS) is 17.0. The van der Waals surface area contributed by atoms with Gasteiger partial charge in [-0.2, -0.15) is 0 Å². The molecule has 0 N–H and O–H groups in total. The van der Waals surface area contributed by atoms with Crippen molar-refractivity contribution >= 4 is 23.3 Å². The molecule has 5 nitrogen and oxygen atoms in total. The molecule has 2 heterocycles. The number of rotatable bonds is 5. The lowest BCUT2D eigenvalue weighted by atomic mass is 9.81. The van der Waals surface area contributed by atoms with Gasteiger partial charge in [0.05, 0.1) is 18.6 Å². The average Bonchev–Trinajstić information content (AvgIpc) is 2.74. The van der Waals surface area contributed by atoms with E-state index in [0.717, 1.165) is 38.6 Å². The number of likely N-dealkylation sites (tertiary alicyclic amines) is 1. The average molecular weight is 470 g/mol. The lowest BCUT2D eigenvalue weighted by molar-refractivity contribution is -0.135. The molecule has 0 unspecified atom stereocenters. The zero-order valence-corrected chi connectivity index (χ0v) is 20.7. The number of carbonyl (C=O) groups excluding carboxylic acids is 2. The first-order chi connectivity index (χ1) is 15.7. The molecular weight excluding hydrogens is 438 g/mol. The zero-order chi connectivity index (χ0) is 23.8. The number of amides is 1. The fourth-order valence-corrected chi connectivity index (χ4v) is 5.13. The fraction of sp³-hybridized carbons (Fsp3) is 0.481. The summed E-state index contributed by atoms with van der Waals surface area (Å²) >= 11 is 6.21. The van der Waals surface area contributed by atoms with Crippen LogP contribution in [0, 0.1) is 27.7 Å². The first kappa shape index (κ1) is 23.6. The number of ether oxygens (including phenoxy) is 2. The maximum absolute atomic E-state index is 12.9. The predicted molar refractivity (Wildman–Crippen MR) is 130 cm³/mol. The predicted octanol–water partition coefficient (Wildman–Crippen LogP) is 5.76. The van der Waals surface area contributed by atoms with E-state index in [1.807, 2.05) is 56.9 Å². The van der Waals surface area contributed by atoms with Crippen LogP contribution in [0.15, 0.2) is 24.3 Å². The number of halogens is 1. The Kier molecular flexibility index (Phi) is 6.71. The van der Waals surface area contributed by atoms with Gasteiger partial charge in [0.2, 0.25) is 5.91 Å². The van der Waals surface area contributed by atoms with E-state index >= 15 is 0 Å². The van der Waals surface area contributed by atoms with Gasteiger partial charge in [0, 0.05) is 37.4 Å². The number of hydrogen-bond donors (Lipinski definition) is 0. The van der Waals surface area contributed by atoms with E-state index in [2.05, 4.69) is 0 Å². The zero-order valence-electron chi connectivity index (χ0n) is 19.9. The Labute approximate surface area is 201 Å². The molecule has 2 aliphatic rings.